The van der Waals surface area contributed by atoms with E-state index in [1.807, 2.05) is 18.3 Å². The lowest BCUT2D eigenvalue weighted by Gasteiger charge is -2.31. The van der Waals surface area contributed by atoms with E-state index in [1.54, 1.807) is 11.3 Å². The third kappa shape index (κ3) is 3.94. The molecule has 0 radical (unpaired) electrons. The van der Waals surface area contributed by atoms with Gasteiger partial charge < -0.3 is 15.0 Å². The Kier molecular flexibility index (Phi) is 5.85. The molecule has 4 rings (SSSR count). The van der Waals surface area contributed by atoms with Crippen LogP contribution >= 0.6 is 39.5 Å². The van der Waals surface area contributed by atoms with Crippen molar-refractivity contribution in [3.05, 3.63) is 50.9 Å². The normalized spacial score (nSPS) is 24.0. The Morgan fingerprint density at radius 1 is 1.23 bits per heavy atom. The molecule has 2 aromatic rings. The molecule has 0 spiro atoms. The van der Waals surface area contributed by atoms with Crippen LogP contribution in [0.5, 0.6) is 0 Å². The van der Waals surface area contributed by atoms with Gasteiger partial charge >= 0.3 is 0 Å². The van der Waals surface area contributed by atoms with Crippen molar-refractivity contribution in [3.63, 3.8) is 0 Å². The maximum atomic E-state index is 5.70. The number of pyridine rings is 1. The summed E-state index contributed by atoms with van der Waals surface area (Å²) < 4.78 is 6.59. The number of thiocarbonyl (C=S) groups is 1. The fraction of sp³-hybridized carbons (Fsp3) is 0.444. The number of nitrogens with zero attached hydrogens (tertiary/aromatic N) is 3. The zero-order valence-corrected chi connectivity index (χ0v) is 17.5. The van der Waals surface area contributed by atoms with Crippen molar-refractivity contribution in [1.29, 1.82) is 0 Å². The molecular weight excluding hydrogens is 432 g/mol. The first-order chi connectivity index (χ1) is 12.7. The summed E-state index contributed by atoms with van der Waals surface area (Å²) >= 11 is 11.1. The van der Waals surface area contributed by atoms with E-state index in [9.17, 15) is 0 Å². The van der Waals surface area contributed by atoms with Crippen LogP contribution in [0.15, 0.2) is 40.3 Å². The Bertz CT molecular complexity index is 751. The molecule has 2 saturated heterocycles. The average molecular weight is 453 g/mol. The second kappa shape index (κ2) is 8.31. The Labute approximate surface area is 171 Å². The minimum atomic E-state index is 0.0685. The van der Waals surface area contributed by atoms with Crippen molar-refractivity contribution in [2.24, 2.45) is 0 Å². The Morgan fingerprint density at radius 2 is 2.08 bits per heavy atom. The zero-order chi connectivity index (χ0) is 17.9. The number of ether oxygens (including phenoxy) is 1. The molecule has 0 amide bonds. The average Bonchev–Trinajstić information content (AvgIpc) is 3.24. The molecule has 2 aliphatic rings. The molecule has 0 aromatic carbocycles. The largest absolute Gasteiger partial charge is 0.379 e. The molecule has 0 unspecified atom stereocenters. The molecule has 138 valence electrons. The Hall–Kier alpha value is -1.06. The van der Waals surface area contributed by atoms with E-state index in [4.69, 9.17) is 17.0 Å². The SMILES string of the molecule is S=C1N[C@@H](c2ccccn2)[C@H](c2ccc(Br)s2)N1CCN1CCOCC1. The molecular formula is C18H21BrN4OS2. The lowest BCUT2D eigenvalue weighted by molar-refractivity contribution is 0.0351. The van der Waals surface area contributed by atoms with Crippen LogP contribution in [0, 0.1) is 0 Å². The molecule has 5 nitrogen and oxygen atoms in total. The first-order valence-corrected chi connectivity index (χ1v) is 10.8. The highest BCUT2D eigenvalue weighted by Crippen LogP contribution is 2.42. The summed E-state index contributed by atoms with van der Waals surface area (Å²) in [5.74, 6) is 0. The Morgan fingerprint density at radius 3 is 2.77 bits per heavy atom. The van der Waals surface area contributed by atoms with E-state index >= 15 is 0 Å². The highest BCUT2D eigenvalue weighted by Gasteiger charge is 2.40. The summed E-state index contributed by atoms with van der Waals surface area (Å²) in [4.78, 5) is 10.6. The van der Waals surface area contributed by atoms with Gasteiger partial charge in [-0.3, -0.25) is 9.88 Å². The van der Waals surface area contributed by atoms with Crippen molar-refractivity contribution < 1.29 is 4.74 Å². The van der Waals surface area contributed by atoms with Crippen LogP contribution in [-0.2, 0) is 4.74 Å². The van der Waals surface area contributed by atoms with Gasteiger partial charge in [0.25, 0.3) is 0 Å². The number of nitrogens with one attached hydrogen (secondary N) is 1. The van der Waals surface area contributed by atoms with Gasteiger partial charge in [-0.2, -0.15) is 0 Å². The van der Waals surface area contributed by atoms with E-state index in [2.05, 4.69) is 54.2 Å². The van der Waals surface area contributed by atoms with Crippen molar-refractivity contribution in [1.82, 2.24) is 20.1 Å². The van der Waals surface area contributed by atoms with Gasteiger partial charge in [0, 0.05) is 37.3 Å². The topological polar surface area (TPSA) is 40.6 Å². The molecule has 2 fully saturated rings. The van der Waals surface area contributed by atoms with Crippen molar-refractivity contribution in [2.45, 2.75) is 12.1 Å². The molecule has 1 N–H and O–H groups in total. The van der Waals surface area contributed by atoms with Gasteiger partial charge in [-0.25, -0.2) is 0 Å². The van der Waals surface area contributed by atoms with Crippen LogP contribution < -0.4 is 5.32 Å². The molecule has 0 aliphatic carbocycles. The number of hydrogen-bond donors (Lipinski definition) is 1. The lowest BCUT2D eigenvalue weighted by atomic mass is 10.0. The van der Waals surface area contributed by atoms with E-state index < -0.39 is 0 Å². The van der Waals surface area contributed by atoms with Crippen molar-refractivity contribution >= 4 is 44.6 Å². The van der Waals surface area contributed by atoms with Gasteiger partial charge in [0.2, 0.25) is 0 Å². The summed E-state index contributed by atoms with van der Waals surface area (Å²) in [6.07, 6.45) is 1.85. The lowest BCUT2D eigenvalue weighted by Crippen LogP contribution is -2.42. The van der Waals surface area contributed by atoms with Crippen LogP contribution in [0.2, 0.25) is 0 Å². The number of aromatic nitrogens is 1. The molecule has 26 heavy (non-hydrogen) atoms. The summed E-state index contributed by atoms with van der Waals surface area (Å²) in [6, 6.07) is 10.6. The molecule has 8 heteroatoms. The summed E-state index contributed by atoms with van der Waals surface area (Å²) in [5.41, 5.74) is 1.03. The Balaban J connectivity index is 1.57. The van der Waals surface area contributed by atoms with E-state index in [1.165, 1.54) is 4.88 Å². The summed E-state index contributed by atoms with van der Waals surface area (Å²) in [6.45, 7) is 5.51. The highest BCUT2D eigenvalue weighted by molar-refractivity contribution is 9.11. The fourth-order valence-electron chi connectivity index (χ4n) is 3.52. The minimum Gasteiger partial charge on any atom is -0.379 e. The van der Waals surface area contributed by atoms with Crippen LogP contribution in [0.3, 0.4) is 0 Å². The van der Waals surface area contributed by atoms with Crippen LogP contribution in [0.25, 0.3) is 0 Å². The number of halogens is 1. The molecule has 4 heterocycles. The number of rotatable bonds is 5. The van der Waals surface area contributed by atoms with Gasteiger partial charge in [0.15, 0.2) is 5.11 Å². The molecule has 2 atom stereocenters. The smallest absolute Gasteiger partial charge is 0.170 e. The second-order valence-electron chi connectivity index (χ2n) is 6.42. The van der Waals surface area contributed by atoms with Crippen LogP contribution in [-0.4, -0.2) is 59.3 Å². The second-order valence-corrected chi connectivity index (χ2v) is 9.30. The van der Waals surface area contributed by atoms with Gasteiger partial charge in [0.1, 0.15) is 0 Å². The third-order valence-electron chi connectivity index (χ3n) is 4.84. The number of morpholine rings is 1. The molecule has 2 aliphatic heterocycles. The van der Waals surface area contributed by atoms with Gasteiger partial charge in [-0.05, 0) is 52.4 Å². The van der Waals surface area contributed by atoms with Crippen molar-refractivity contribution in [3.8, 4) is 0 Å². The van der Waals surface area contributed by atoms with Crippen LogP contribution in [0.1, 0.15) is 22.7 Å². The van der Waals surface area contributed by atoms with E-state index in [0.717, 1.165) is 54.0 Å². The first kappa shape index (κ1) is 18.3. The summed E-state index contributed by atoms with van der Waals surface area (Å²) in [7, 11) is 0. The predicted molar refractivity (Wildman–Crippen MR) is 111 cm³/mol. The first-order valence-electron chi connectivity index (χ1n) is 8.76. The van der Waals surface area contributed by atoms with Gasteiger partial charge in [0.05, 0.1) is 34.8 Å². The zero-order valence-electron chi connectivity index (χ0n) is 14.3. The van der Waals surface area contributed by atoms with Crippen molar-refractivity contribution in [2.75, 3.05) is 39.4 Å². The number of thiophene rings is 1. The van der Waals surface area contributed by atoms with Gasteiger partial charge in [-0.15, -0.1) is 11.3 Å². The monoisotopic (exact) mass is 452 g/mol. The van der Waals surface area contributed by atoms with E-state index in [-0.39, 0.29) is 12.1 Å². The highest BCUT2D eigenvalue weighted by atomic mass is 79.9. The molecule has 2 aromatic heterocycles. The number of hydrogen-bond acceptors (Lipinski definition) is 5. The minimum absolute atomic E-state index is 0.0685. The van der Waals surface area contributed by atoms with E-state index in [0.29, 0.717) is 0 Å². The fourth-order valence-corrected chi connectivity index (χ4v) is 5.42. The predicted octanol–water partition coefficient (Wildman–Crippen LogP) is 3.21. The molecule has 0 saturated carbocycles. The molecule has 0 bridgehead atoms. The maximum absolute atomic E-state index is 5.70. The van der Waals surface area contributed by atoms with Gasteiger partial charge in [-0.1, -0.05) is 6.07 Å². The van der Waals surface area contributed by atoms with Crippen LogP contribution in [0.4, 0.5) is 0 Å². The standard InChI is InChI=1S/C18H21BrN4OS2/c19-15-5-4-14(26-15)17-16(13-3-1-2-6-20-13)21-18(25)23(17)8-7-22-9-11-24-12-10-22/h1-6,16-17H,7-12H2,(H,21,25)/t16-,17-/m0/s1. The quantitative estimate of drug-likeness (QED) is 0.702. The third-order valence-corrected chi connectivity index (χ3v) is 6.89. The maximum Gasteiger partial charge on any atom is 0.170 e. The summed E-state index contributed by atoms with van der Waals surface area (Å²) in [5, 5.41) is 4.32.